The van der Waals surface area contributed by atoms with E-state index in [0.717, 1.165) is 101 Å². The van der Waals surface area contributed by atoms with E-state index in [2.05, 4.69) is 214 Å². The highest BCUT2D eigenvalue weighted by molar-refractivity contribution is 7.00. The predicted molar refractivity (Wildman–Crippen MR) is 377 cm³/mol. The van der Waals surface area contributed by atoms with Crippen molar-refractivity contribution in [3.8, 4) is 17.4 Å². The molecule has 0 N–H and O–H groups in total. The fourth-order valence-corrected chi connectivity index (χ4v) is 18.6. The summed E-state index contributed by atoms with van der Waals surface area (Å²) in [5.41, 5.74) is 25.9. The Labute approximate surface area is 531 Å². The van der Waals surface area contributed by atoms with Crippen LogP contribution in [0, 0.1) is 41.6 Å². The Bertz CT molecular complexity index is 4420. The molecular formula is C83H79BN6. The number of nitrogens with zero attached hydrogens (tertiary/aromatic N) is 6. The largest absolute Gasteiger partial charge is 0.334 e. The van der Waals surface area contributed by atoms with Gasteiger partial charge in [-0.2, -0.15) is 5.26 Å². The summed E-state index contributed by atoms with van der Waals surface area (Å²) in [4.78, 5) is 9.96. The van der Waals surface area contributed by atoms with Gasteiger partial charge in [0.15, 0.2) is 5.69 Å². The third kappa shape index (κ3) is 8.91. The lowest BCUT2D eigenvalue weighted by atomic mass is 9.33. The fourth-order valence-electron chi connectivity index (χ4n) is 18.6. The summed E-state index contributed by atoms with van der Waals surface area (Å²) in [6, 6.07) is 53.7. The normalized spacial score (nSPS) is 23.1. The van der Waals surface area contributed by atoms with Crippen molar-refractivity contribution < 1.29 is 0 Å². The molecule has 0 radical (unpaired) electrons. The molecule has 6 aliphatic carbocycles. The Morgan fingerprint density at radius 1 is 0.500 bits per heavy atom. The van der Waals surface area contributed by atoms with E-state index in [-0.39, 0.29) is 24.7 Å². The average molecular weight is 1170 g/mol. The van der Waals surface area contributed by atoms with Crippen LogP contribution in [0.5, 0.6) is 0 Å². The quantitative estimate of drug-likeness (QED) is 0.0822. The summed E-state index contributed by atoms with van der Waals surface area (Å²) < 4.78 is 4.99. The molecule has 0 amide bonds. The number of fused-ring (bicyclic) bond motifs is 10. The summed E-state index contributed by atoms with van der Waals surface area (Å²) in [6.45, 7) is 12.9. The van der Waals surface area contributed by atoms with Gasteiger partial charge in [0.05, 0.1) is 52.4 Å². The van der Waals surface area contributed by atoms with Crippen LogP contribution in [0.3, 0.4) is 0 Å². The van der Waals surface area contributed by atoms with Gasteiger partial charge in [0.25, 0.3) is 6.71 Å². The molecule has 6 unspecified atom stereocenters. The zero-order valence-corrected chi connectivity index (χ0v) is 52.4. The molecule has 0 fully saturated rings. The Kier molecular flexibility index (Phi) is 13.9. The summed E-state index contributed by atoms with van der Waals surface area (Å²) in [6.07, 6.45) is 41.9. The molecule has 444 valence electrons. The van der Waals surface area contributed by atoms with Crippen LogP contribution in [0.1, 0.15) is 146 Å². The summed E-state index contributed by atoms with van der Waals surface area (Å²) in [5, 5.41) is 14.9. The highest BCUT2D eigenvalue weighted by Crippen LogP contribution is 2.53. The van der Waals surface area contributed by atoms with E-state index in [0.29, 0.717) is 34.9 Å². The van der Waals surface area contributed by atoms with Gasteiger partial charge < -0.3 is 18.9 Å². The van der Waals surface area contributed by atoms with Gasteiger partial charge >= 0.3 is 0 Å². The van der Waals surface area contributed by atoms with Gasteiger partial charge in [-0.15, -0.1) is 0 Å². The van der Waals surface area contributed by atoms with Crippen molar-refractivity contribution in [3.05, 3.63) is 227 Å². The number of para-hydroxylation sites is 2. The lowest BCUT2D eigenvalue weighted by Crippen LogP contribution is -2.65. The van der Waals surface area contributed by atoms with Crippen molar-refractivity contribution >= 4 is 95.1 Å². The minimum Gasteiger partial charge on any atom is -0.334 e. The van der Waals surface area contributed by atoms with Gasteiger partial charge in [-0.3, -0.25) is 0 Å². The summed E-state index contributed by atoms with van der Waals surface area (Å²) >= 11 is 0. The van der Waals surface area contributed by atoms with E-state index in [4.69, 9.17) is 6.57 Å². The first-order chi connectivity index (χ1) is 44.4. The summed E-state index contributed by atoms with van der Waals surface area (Å²) in [7, 11) is 0. The van der Waals surface area contributed by atoms with E-state index in [1.165, 1.54) is 114 Å². The van der Waals surface area contributed by atoms with Crippen LogP contribution in [-0.4, -0.2) is 27.9 Å². The van der Waals surface area contributed by atoms with Gasteiger partial charge in [-0.1, -0.05) is 128 Å². The molecule has 9 aromatic rings. The van der Waals surface area contributed by atoms with Crippen molar-refractivity contribution in [2.24, 2.45) is 23.7 Å². The van der Waals surface area contributed by atoms with Crippen LogP contribution < -0.4 is 26.2 Å². The minimum absolute atomic E-state index is 0.0607. The van der Waals surface area contributed by atoms with Crippen LogP contribution >= 0.6 is 0 Å². The van der Waals surface area contributed by atoms with Crippen molar-refractivity contribution in [2.45, 2.75) is 147 Å². The maximum Gasteiger partial charge on any atom is 0.252 e. The van der Waals surface area contributed by atoms with Crippen molar-refractivity contribution in [1.82, 2.24) is 9.13 Å². The van der Waals surface area contributed by atoms with Crippen LogP contribution in [0.15, 0.2) is 204 Å². The minimum atomic E-state index is -0.0607. The van der Waals surface area contributed by atoms with Crippen LogP contribution in [0.2, 0.25) is 0 Å². The topological polar surface area (TPSA) is 44.5 Å². The van der Waals surface area contributed by atoms with Gasteiger partial charge in [0.1, 0.15) is 0 Å². The fraction of sp³-hybridized carbons (Fsp3) is 0.325. The Morgan fingerprint density at radius 3 is 1.51 bits per heavy atom. The van der Waals surface area contributed by atoms with Crippen molar-refractivity contribution in [1.29, 1.82) is 5.26 Å². The molecule has 2 aromatic heterocycles. The molecule has 6 nitrogen and oxygen atoms in total. The average Bonchev–Trinajstić information content (AvgIpc) is 0.773. The maximum atomic E-state index is 10.3. The lowest BCUT2D eigenvalue weighted by molar-refractivity contribution is 0.391. The number of hydrogen-bond acceptors (Lipinski definition) is 3. The molecule has 0 spiro atoms. The number of nitriles is 1. The number of benzene rings is 7. The molecular weight excluding hydrogens is 1090 g/mol. The Balaban J connectivity index is 0.985. The first kappa shape index (κ1) is 55.3. The third-order valence-corrected chi connectivity index (χ3v) is 22.7. The molecule has 7 aromatic carbocycles. The van der Waals surface area contributed by atoms with Crippen molar-refractivity contribution in [2.75, 3.05) is 9.80 Å². The van der Waals surface area contributed by atoms with Crippen LogP contribution in [-0.2, 0) is 0 Å². The molecule has 90 heavy (non-hydrogen) atoms. The standard InChI is InChI=1S/C83H79BN6/c1-53(2)59-47-79-81-80(48-59)90(83-65(57-26-12-6-13-27-57)34-21-35-66(83)58-28-14-7-15-29-58)78-51-62(88-74-37-19-17-31-68(74)70-49-60(86-3)39-45-76(70)88)41-43-72(78)84(81)71-42-40-61(87-73-36-18-16-30-67(73)69-46-54(52-85)38-44-75(69)87)50-77(71)89(79)82-63(55-22-8-4-9-23-55)32-20-33-64(82)56-24-10-5-11-25-56/h4,6,8,12,16-19,24,28,30-32,34,36-51,53,55,57,64,66,82-83H,5,7,9-11,13-15,20-23,25-27,29,33,35H2,1-2H3. The molecule has 0 bridgehead atoms. The molecule has 2 aliphatic heterocycles. The van der Waals surface area contributed by atoms with Gasteiger partial charge in [0.2, 0.25) is 0 Å². The van der Waals surface area contributed by atoms with E-state index < -0.39 is 0 Å². The lowest BCUT2D eigenvalue weighted by Gasteiger charge is -2.53. The van der Waals surface area contributed by atoms with E-state index >= 15 is 0 Å². The second-order valence-electron chi connectivity index (χ2n) is 27.8. The molecule has 6 atom stereocenters. The second-order valence-corrected chi connectivity index (χ2v) is 27.8. The third-order valence-electron chi connectivity index (χ3n) is 22.7. The van der Waals surface area contributed by atoms with Crippen LogP contribution in [0.4, 0.5) is 28.4 Å². The molecule has 8 aliphatic rings. The first-order valence-electron chi connectivity index (χ1n) is 34.4. The zero-order chi connectivity index (χ0) is 60.1. The number of hydrogen-bond donors (Lipinski definition) is 0. The zero-order valence-electron chi connectivity index (χ0n) is 52.4. The maximum absolute atomic E-state index is 10.3. The van der Waals surface area contributed by atoms with E-state index in [1.807, 2.05) is 12.1 Å². The molecule has 0 saturated carbocycles. The van der Waals surface area contributed by atoms with Gasteiger partial charge in [0, 0.05) is 62.1 Å². The molecule has 7 heteroatoms. The Morgan fingerprint density at radius 2 is 1.02 bits per heavy atom. The van der Waals surface area contributed by atoms with Gasteiger partial charge in [-0.25, -0.2) is 4.85 Å². The number of rotatable bonds is 9. The molecule has 4 heterocycles. The SMILES string of the molecule is [C-]#[N+]c1ccc2c(c1)c1ccccc1n2-c1ccc2c(c1)N(C1C(C3CC=CCC3)=CCCC1C1=CCCCC1)c1cc(C(C)C)cc3c1B2c1ccc(-n2c4ccccc4c4cc(C#N)ccc42)cc1N3C1C(C2CC=CCC2)=CCCC1C1=CCCCC1. The Hall–Kier alpha value is -8.78. The number of allylic oxidation sites excluding steroid dienone is 8. The van der Waals surface area contributed by atoms with Crippen LogP contribution in [0.25, 0.3) is 59.8 Å². The molecule has 17 rings (SSSR count). The number of anilines is 4. The van der Waals surface area contributed by atoms with Crippen molar-refractivity contribution in [3.63, 3.8) is 0 Å². The molecule has 0 saturated heterocycles. The smallest absolute Gasteiger partial charge is 0.252 e. The number of aromatic nitrogens is 2. The highest BCUT2D eigenvalue weighted by Gasteiger charge is 2.51. The predicted octanol–water partition coefficient (Wildman–Crippen LogP) is 20.0. The highest BCUT2D eigenvalue weighted by atomic mass is 15.2. The first-order valence-corrected chi connectivity index (χ1v) is 34.4. The second kappa shape index (κ2) is 22.6. The summed E-state index contributed by atoms with van der Waals surface area (Å²) in [5.74, 6) is 1.97. The van der Waals surface area contributed by atoms with E-state index in [9.17, 15) is 5.26 Å². The monoisotopic (exact) mass is 1170 g/mol. The van der Waals surface area contributed by atoms with E-state index in [1.54, 1.807) is 22.3 Å². The van der Waals surface area contributed by atoms with Gasteiger partial charge in [-0.05, 0) is 251 Å².